The van der Waals surface area contributed by atoms with Gasteiger partial charge in [-0.2, -0.15) is 4.91 Å². The fourth-order valence-corrected chi connectivity index (χ4v) is 4.45. The van der Waals surface area contributed by atoms with Crippen molar-refractivity contribution in [2.75, 3.05) is 12.4 Å². The lowest BCUT2D eigenvalue weighted by Gasteiger charge is -2.15. The summed E-state index contributed by atoms with van der Waals surface area (Å²) in [6.07, 6.45) is 3.42. The Labute approximate surface area is 193 Å². The number of benzene rings is 2. The van der Waals surface area contributed by atoms with Gasteiger partial charge in [-0.3, -0.25) is 4.79 Å². The van der Waals surface area contributed by atoms with Gasteiger partial charge in [0, 0.05) is 10.6 Å². The molecule has 5 nitrogen and oxygen atoms in total. The number of nitroso groups, excluding NO2 is 1. The van der Waals surface area contributed by atoms with Gasteiger partial charge in [-0.15, -0.1) is 11.8 Å². The summed E-state index contributed by atoms with van der Waals surface area (Å²) in [6, 6.07) is 11.0. The van der Waals surface area contributed by atoms with Crippen molar-refractivity contribution in [1.82, 2.24) is 0 Å². The minimum absolute atomic E-state index is 0.310. The number of carboxylic acids is 1. The van der Waals surface area contributed by atoms with Crippen LogP contribution in [0.2, 0.25) is 5.02 Å². The number of carboxylic acid groups (broad SMARTS) is 1. The zero-order valence-electron chi connectivity index (χ0n) is 18.3. The van der Waals surface area contributed by atoms with E-state index < -0.39 is 11.9 Å². The van der Waals surface area contributed by atoms with Crippen molar-refractivity contribution in [3.8, 4) is 5.75 Å². The summed E-state index contributed by atoms with van der Waals surface area (Å²) in [6.45, 7) is 6.31. The number of aliphatic carboxylic acids is 1. The van der Waals surface area contributed by atoms with Gasteiger partial charge in [-0.05, 0) is 67.1 Å². The van der Waals surface area contributed by atoms with E-state index >= 15 is 0 Å². The van der Waals surface area contributed by atoms with E-state index in [1.54, 1.807) is 24.8 Å². The van der Waals surface area contributed by atoms with Gasteiger partial charge in [0.1, 0.15) is 11.8 Å². The molecular weight excluding hydrogens is 434 g/mol. The SMILES string of the molecule is CCCc1cc(C(CC)N=O)ccc1OCCCSc1ccc(C(C)C(=O)O)cc1Cl. The predicted molar refractivity (Wildman–Crippen MR) is 128 cm³/mol. The first kappa shape index (κ1) is 25.2. The van der Waals surface area contributed by atoms with E-state index in [0.29, 0.717) is 23.6 Å². The van der Waals surface area contributed by atoms with Crippen LogP contribution in [0.1, 0.15) is 68.7 Å². The minimum atomic E-state index is -0.864. The molecular formula is C24H30ClNO4S. The topological polar surface area (TPSA) is 76.0 Å². The number of halogens is 1. The number of hydrogen-bond acceptors (Lipinski definition) is 5. The Morgan fingerprint density at radius 2 is 1.94 bits per heavy atom. The number of thioether (sulfide) groups is 1. The van der Waals surface area contributed by atoms with Gasteiger partial charge in [0.15, 0.2) is 0 Å². The first-order valence-corrected chi connectivity index (χ1v) is 12.0. The van der Waals surface area contributed by atoms with Crippen molar-refractivity contribution in [2.45, 2.75) is 63.3 Å². The lowest BCUT2D eigenvalue weighted by atomic mass is 10.00. The molecule has 0 fully saturated rings. The Bertz CT molecular complexity index is 890. The average molecular weight is 464 g/mol. The quantitative estimate of drug-likeness (QED) is 0.192. The molecule has 0 amide bonds. The van der Waals surface area contributed by atoms with Crippen molar-refractivity contribution in [2.24, 2.45) is 5.18 Å². The van der Waals surface area contributed by atoms with E-state index in [4.69, 9.17) is 21.4 Å². The van der Waals surface area contributed by atoms with Crippen molar-refractivity contribution < 1.29 is 14.6 Å². The van der Waals surface area contributed by atoms with Crippen LogP contribution in [0.15, 0.2) is 46.5 Å². The van der Waals surface area contributed by atoms with Crippen molar-refractivity contribution in [1.29, 1.82) is 0 Å². The third-order valence-electron chi connectivity index (χ3n) is 5.13. The zero-order valence-corrected chi connectivity index (χ0v) is 19.8. The summed E-state index contributed by atoms with van der Waals surface area (Å²) in [7, 11) is 0. The van der Waals surface area contributed by atoms with Gasteiger partial charge in [0.05, 0.1) is 17.5 Å². The molecule has 0 aliphatic rings. The molecule has 0 aliphatic heterocycles. The largest absolute Gasteiger partial charge is 0.493 e. The molecule has 0 heterocycles. The third kappa shape index (κ3) is 7.25. The molecule has 2 atom stereocenters. The maximum absolute atomic E-state index is 11.1. The second kappa shape index (κ2) is 12.7. The fourth-order valence-electron chi connectivity index (χ4n) is 3.25. The maximum Gasteiger partial charge on any atom is 0.310 e. The Hall–Kier alpha value is -2.05. The van der Waals surface area contributed by atoms with Crippen LogP contribution < -0.4 is 4.74 Å². The van der Waals surface area contributed by atoms with Crippen molar-refractivity contribution >= 4 is 29.3 Å². The van der Waals surface area contributed by atoms with E-state index in [9.17, 15) is 9.70 Å². The second-order valence-electron chi connectivity index (χ2n) is 7.45. The van der Waals surface area contributed by atoms with E-state index in [2.05, 4.69) is 12.1 Å². The van der Waals surface area contributed by atoms with Crippen LogP contribution in [-0.2, 0) is 11.2 Å². The highest BCUT2D eigenvalue weighted by Crippen LogP contribution is 2.31. The molecule has 1 N–H and O–H groups in total. The van der Waals surface area contributed by atoms with Gasteiger partial charge in [-0.25, -0.2) is 0 Å². The molecule has 2 unspecified atom stereocenters. The molecule has 0 saturated carbocycles. The Morgan fingerprint density at radius 1 is 1.19 bits per heavy atom. The predicted octanol–water partition coefficient (Wildman–Crippen LogP) is 7.26. The molecule has 0 spiro atoms. The molecule has 7 heteroatoms. The van der Waals surface area contributed by atoms with Crippen LogP contribution >= 0.6 is 23.4 Å². The number of rotatable bonds is 13. The zero-order chi connectivity index (χ0) is 22.8. The second-order valence-corrected chi connectivity index (χ2v) is 8.99. The molecule has 2 aromatic rings. The molecule has 0 radical (unpaired) electrons. The number of aryl methyl sites for hydroxylation is 1. The molecule has 2 rings (SSSR count). The van der Waals surface area contributed by atoms with Crippen LogP contribution in [0.4, 0.5) is 0 Å². The summed E-state index contributed by atoms with van der Waals surface area (Å²) in [4.78, 5) is 23.1. The summed E-state index contributed by atoms with van der Waals surface area (Å²) < 4.78 is 6.02. The van der Waals surface area contributed by atoms with E-state index in [1.165, 1.54) is 0 Å². The normalized spacial score (nSPS) is 12.9. The summed E-state index contributed by atoms with van der Waals surface area (Å²) >= 11 is 7.96. The Kier molecular flexibility index (Phi) is 10.3. The Morgan fingerprint density at radius 3 is 2.55 bits per heavy atom. The van der Waals surface area contributed by atoms with Crippen LogP contribution in [0, 0.1) is 4.91 Å². The third-order valence-corrected chi connectivity index (χ3v) is 6.72. The van der Waals surface area contributed by atoms with Gasteiger partial charge in [-0.1, -0.05) is 49.2 Å². The minimum Gasteiger partial charge on any atom is -0.493 e. The van der Waals surface area contributed by atoms with Gasteiger partial charge in [0.25, 0.3) is 0 Å². The highest BCUT2D eigenvalue weighted by atomic mass is 35.5. The van der Waals surface area contributed by atoms with Crippen molar-refractivity contribution in [3.05, 3.63) is 63.0 Å². The number of hydrogen-bond donors (Lipinski definition) is 1. The van der Waals surface area contributed by atoms with Gasteiger partial charge in [0.2, 0.25) is 0 Å². The average Bonchev–Trinajstić information content (AvgIpc) is 2.76. The monoisotopic (exact) mass is 463 g/mol. The lowest BCUT2D eigenvalue weighted by Crippen LogP contribution is -2.07. The summed E-state index contributed by atoms with van der Waals surface area (Å²) in [5, 5.41) is 12.9. The Balaban J connectivity index is 1.90. The van der Waals surface area contributed by atoms with E-state index in [-0.39, 0.29) is 6.04 Å². The summed E-state index contributed by atoms with van der Waals surface area (Å²) in [5.41, 5.74) is 2.76. The van der Waals surface area contributed by atoms with Crippen LogP contribution in [0.25, 0.3) is 0 Å². The van der Waals surface area contributed by atoms with E-state index in [1.807, 2.05) is 37.3 Å². The smallest absolute Gasteiger partial charge is 0.310 e. The molecule has 0 aromatic heterocycles. The van der Waals surface area contributed by atoms with Crippen LogP contribution in [0.5, 0.6) is 5.75 Å². The van der Waals surface area contributed by atoms with Gasteiger partial charge < -0.3 is 9.84 Å². The highest BCUT2D eigenvalue weighted by molar-refractivity contribution is 7.99. The fraction of sp³-hybridized carbons (Fsp3) is 0.458. The molecule has 168 valence electrons. The first-order valence-electron chi connectivity index (χ1n) is 10.6. The van der Waals surface area contributed by atoms with Crippen LogP contribution in [-0.4, -0.2) is 23.4 Å². The van der Waals surface area contributed by atoms with E-state index in [0.717, 1.165) is 46.8 Å². The molecule has 0 aliphatic carbocycles. The van der Waals surface area contributed by atoms with Crippen LogP contribution in [0.3, 0.4) is 0 Å². The first-order chi connectivity index (χ1) is 14.9. The highest BCUT2D eigenvalue weighted by Gasteiger charge is 2.15. The van der Waals surface area contributed by atoms with Gasteiger partial charge >= 0.3 is 5.97 Å². The molecule has 31 heavy (non-hydrogen) atoms. The maximum atomic E-state index is 11.1. The lowest BCUT2D eigenvalue weighted by molar-refractivity contribution is -0.138. The number of nitrogens with zero attached hydrogens (tertiary/aromatic N) is 1. The standard InChI is InChI=1S/C24H30ClNO4S/c1-4-7-19-14-18(21(5-2)26-29)8-10-22(19)30-12-6-13-31-23-11-9-17(15-20(23)25)16(3)24(27)28/h8-11,14-16,21H,4-7,12-13H2,1-3H3,(H,27,28). The molecule has 0 bridgehead atoms. The van der Waals surface area contributed by atoms with Crippen molar-refractivity contribution in [3.63, 3.8) is 0 Å². The summed E-state index contributed by atoms with van der Waals surface area (Å²) in [5.74, 6) is 0.253. The number of ether oxygens (including phenoxy) is 1. The number of carbonyl (C=O) groups is 1. The molecule has 0 saturated heterocycles. The molecule has 2 aromatic carbocycles.